The van der Waals surface area contributed by atoms with Crippen LogP contribution in [-0.4, -0.2) is 32.6 Å². The van der Waals surface area contributed by atoms with Crippen molar-refractivity contribution in [2.24, 2.45) is 0 Å². The zero-order chi connectivity index (χ0) is 23.5. The zero-order valence-electron chi connectivity index (χ0n) is 21.1. The first-order chi connectivity index (χ1) is 14.5. The maximum atomic E-state index is 12.0. The van der Waals surface area contributed by atoms with Crippen LogP contribution in [0.1, 0.15) is 105 Å². The van der Waals surface area contributed by atoms with Crippen molar-refractivity contribution in [1.82, 2.24) is 0 Å². The molecule has 0 radical (unpaired) electrons. The molecule has 0 fully saturated rings. The van der Waals surface area contributed by atoms with E-state index in [1.807, 2.05) is 0 Å². The van der Waals surface area contributed by atoms with Crippen LogP contribution in [-0.2, 0) is 23.5 Å². The Labute approximate surface area is 191 Å². The van der Waals surface area contributed by atoms with Crippen LogP contribution in [0.3, 0.4) is 0 Å². The van der Waals surface area contributed by atoms with Crippen LogP contribution in [0.25, 0.3) is 0 Å². The van der Waals surface area contributed by atoms with Gasteiger partial charge in [-0.15, -0.1) is 0 Å². The van der Waals surface area contributed by atoms with E-state index in [0.29, 0.717) is 12.0 Å². The number of hydrogen-bond acceptors (Lipinski definition) is 5. The molecule has 0 bridgehead atoms. The summed E-state index contributed by atoms with van der Waals surface area (Å²) in [5.74, 6) is -0.762. The maximum absolute atomic E-state index is 12.0. The average molecular weight is 455 g/mol. The van der Waals surface area contributed by atoms with E-state index in [9.17, 15) is 9.59 Å². The highest BCUT2D eigenvalue weighted by molar-refractivity contribution is 6.74. The van der Waals surface area contributed by atoms with Crippen molar-refractivity contribution in [2.75, 3.05) is 0 Å². The van der Waals surface area contributed by atoms with E-state index < -0.39 is 26.7 Å². The summed E-state index contributed by atoms with van der Waals surface area (Å²) in [5, 5.41) is -0.0133. The summed E-state index contributed by atoms with van der Waals surface area (Å²) in [6.07, 6.45) is 13.4. The second-order valence-electron chi connectivity index (χ2n) is 10.4. The van der Waals surface area contributed by atoms with Gasteiger partial charge in [-0.25, -0.2) is 4.79 Å². The van der Waals surface area contributed by atoms with E-state index in [-0.39, 0.29) is 11.0 Å². The minimum Gasteiger partial charge on any atom is -0.458 e. The van der Waals surface area contributed by atoms with Gasteiger partial charge in [-0.05, 0) is 31.0 Å². The van der Waals surface area contributed by atoms with Gasteiger partial charge in [0.05, 0.1) is 0 Å². The van der Waals surface area contributed by atoms with Gasteiger partial charge in [-0.3, -0.25) is 4.79 Å². The van der Waals surface area contributed by atoms with Gasteiger partial charge < -0.3 is 13.9 Å². The minimum absolute atomic E-state index is 0.0133. The summed E-state index contributed by atoms with van der Waals surface area (Å²) in [7, 11) is -2.15. The second-order valence-corrected chi connectivity index (χ2v) is 15.1. The van der Waals surface area contributed by atoms with E-state index >= 15 is 0 Å². The molecule has 1 aliphatic rings. The molecular formula is C25H46O5Si. The van der Waals surface area contributed by atoms with Crippen molar-refractivity contribution in [3.05, 3.63) is 11.6 Å². The number of carbonyl (C=O) groups is 2. The monoisotopic (exact) mass is 454 g/mol. The Morgan fingerprint density at radius 3 is 2.03 bits per heavy atom. The highest BCUT2D eigenvalue weighted by atomic mass is 28.4. The topological polar surface area (TPSA) is 61.8 Å². The first kappa shape index (κ1) is 27.9. The van der Waals surface area contributed by atoms with Gasteiger partial charge >= 0.3 is 11.9 Å². The molecule has 0 spiro atoms. The molecule has 0 aliphatic carbocycles. The van der Waals surface area contributed by atoms with Crippen molar-refractivity contribution >= 4 is 20.3 Å². The molecule has 180 valence electrons. The molecule has 0 aromatic carbocycles. The largest absolute Gasteiger partial charge is 0.458 e. The number of hydrogen-bond donors (Lipinski definition) is 0. The molecule has 1 aliphatic heterocycles. The molecule has 0 N–H and O–H groups in total. The van der Waals surface area contributed by atoms with E-state index in [0.717, 1.165) is 12.8 Å². The molecule has 6 heteroatoms. The summed E-state index contributed by atoms with van der Waals surface area (Å²) in [6.45, 7) is 14.3. The van der Waals surface area contributed by atoms with Crippen LogP contribution >= 0.6 is 0 Å². The van der Waals surface area contributed by atoms with Crippen LogP contribution in [0.5, 0.6) is 0 Å². The number of rotatable bonds is 15. The van der Waals surface area contributed by atoms with Crippen LogP contribution in [0.15, 0.2) is 11.6 Å². The molecule has 0 saturated carbocycles. The lowest BCUT2D eigenvalue weighted by atomic mass is 10.0. The van der Waals surface area contributed by atoms with Gasteiger partial charge in [0.25, 0.3) is 0 Å². The van der Waals surface area contributed by atoms with Crippen molar-refractivity contribution in [3.8, 4) is 0 Å². The predicted octanol–water partition coefficient (Wildman–Crippen LogP) is 7.06. The SMILES string of the molecule is CCCCCCCCCCCCC(OC(C)=O)C1=CC(=O)OC1O[Si](C)(C)C(C)(C)C. The lowest BCUT2D eigenvalue weighted by molar-refractivity contribution is -0.152. The zero-order valence-corrected chi connectivity index (χ0v) is 22.1. The van der Waals surface area contributed by atoms with E-state index in [2.05, 4.69) is 40.8 Å². The van der Waals surface area contributed by atoms with E-state index in [1.54, 1.807) is 0 Å². The Hall–Kier alpha value is -1.14. The maximum Gasteiger partial charge on any atom is 0.333 e. The fraction of sp³-hybridized carbons (Fsp3) is 0.840. The van der Waals surface area contributed by atoms with Gasteiger partial charge in [-0.2, -0.15) is 0 Å². The molecule has 0 aromatic rings. The number of unbranched alkanes of at least 4 members (excludes halogenated alkanes) is 9. The Balaban J connectivity index is 2.56. The first-order valence-electron chi connectivity index (χ1n) is 12.2. The fourth-order valence-electron chi connectivity index (χ4n) is 3.50. The molecule has 2 atom stereocenters. The van der Waals surface area contributed by atoms with Gasteiger partial charge in [0.15, 0.2) is 8.32 Å². The summed E-state index contributed by atoms with van der Waals surface area (Å²) in [6, 6.07) is 0. The summed E-state index contributed by atoms with van der Waals surface area (Å²) >= 11 is 0. The fourth-order valence-corrected chi connectivity index (χ4v) is 4.58. The highest BCUT2D eigenvalue weighted by Crippen LogP contribution is 2.39. The third kappa shape index (κ3) is 10.3. The molecule has 0 saturated heterocycles. The molecule has 5 nitrogen and oxygen atoms in total. The van der Waals surface area contributed by atoms with Crippen LogP contribution in [0.4, 0.5) is 0 Å². The van der Waals surface area contributed by atoms with E-state index in [1.165, 1.54) is 64.4 Å². The third-order valence-electron chi connectivity index (χ3n) is 6.49. The lowest BCUT2D eigenvalue weighted by Crippen LogP contribution is -2.45. The molecule has 2 unspecified atom stereocenters. The van der Waals surface area contributed by atoms with Crippen molar-refractivity contribution in [1.29, 1.82) is 0 Å². The number of esters is 2. The Morgan fingerprint density at radius 2 is 1.55 bits per heavy atom. The first-order valence-corrected chi connectivity index (χ1v) is 15.2. The molecule has 1 heterocycles. The Morgan fingerprint density at radius 1 is 1.03 bits per heavy atom. The van der Waals surface area contributed by atoms with Crippen LogP contribution < -0.4 is 0 Å². The van der Waals surface area contributed by atoms with Crippen molar-refractivity contribution < 1.29 is 23.5 Å². The van der Waals surface area contributed by atoms with Crippen molar-refractivity contribution in [3.63, 3.8) is 0 Å². The Bertz CT molecular complexity index is 591. The minimum atomic E-state index is -2.15. The van der Waals surface area contributed by atoms with Gasteiger partial charge in [0.1, 0.15) is 6.10 Å². The molecule has 1 rings (SSSR count). The molecule has 0 amide bonds. The normalized spacial score (nSPS) is 18.0. The summed E-state index contributed by atoms with van der Waals surface area (Å²) in [5.41, 5.74) is 0.654. The lowest BCUT2D eigenvalue weighted by Gasteiger charge is -2.38. The number of ether oxygens (including phenoxy) is 2. The summed E-state index contributed by atoms with van der Waals surface area (Å²) in [4.78, 5) is 23.7. The van der Waals surface area contributed by atoms with E-state index in [4.69, 9.17) is 13.9 Å². The van der Waals surface area contributed by atoms with Gasteiger partial charge in [-0.1, -0.05) is 85.5 Å². The molecule has 31 heavy (non-hydrogen) atoms. The molecule has 0 aromatic heterocycles. The highest BCUT2D eigenvalue weighted by Gasteiger charge is 2.44. The smallest absolute Gasteiger partial charge is 0.333 e. The second kappa shape index (κ2) is 13.4. The van der Waals surface area contributed by atoms with Crippen molar-refractivity contribution in [2.45, 2.75) is 136 Å². The third-order valence-corrected chi connectivity index (χ3v) is 10.9. The number of carbonyl (C=O) groups excluding carboxylic acids is 2. The standard InChI is InChI=1S/C25H46O5Si/c1-8-9-10-11-12-13-14-15-16-17-18-22(28-20(2)26)21-19-23(27)29-24(21)30-31(6,7)25(3,4)5/h19,22,24H,8-18H2,1-7H3. The summed E-state index contributed by atoms with van der Waals surface area (Å²) < 4.78 is 17.4. The average Bonchev–Trinajstić information content (AvgIpc) is 3.00. The van der Waals surface area contributed by atoms with Gasteiger partial charge in [0, 0.05) is 18.6 Å². The Kier molecular flexibility index (Phi) is 12.1. The van der Waals surface area contributed by atoms with Crippen LogP contribution in [0, 0.1) is 0 Å². The quantitative estimate of drug-likeness (QED) is 0.150. The van der Waals surface area contributed by atoms with Crippen LogP contribution in [0.2, 0.25) is 18.1 Å². The predicted molar refractivity (Wildman–Crippen MR) is 128 cm³/mol. The van der Waals surface area contributed by atoms with Gasteiger partial charge in [0.2, 0.25) is 6.29 Å². The number of cyclic esters (lactones) is 1. The molecular weight excluding hydrogens is 408 g/mol.